The summed E-state index contributed by atoms with van der Waals surface area (Å²) in [5.41, 5.74) is 0.394. The summed E-state index contributed by atoms with van der Waals surface area (Å²) in [5.74, 6) is -0.861. The molecule has 0 spiro atoms. The van der Waals surface area contributed by atoms with Gasteiger partial charge in [-0.25, -0.2) is 0 Å². The van der Waals surface area contributed by atoms with Gasteiger partial charge in [0.2, 0.25) is 0 Å². The lowest BCUT2D eigenvalue weighted by atomic mass is 10.1. The number of rotatable bonds is 7. The lowest BCUT2D eigenvalue weighted by Crippen LogP contribution is -2.20. The minimum absolute atomic E-state index is 0.000661. The number of amides is 2. The highest BCUT2D eigenvalue weighted by Gasteiger charge is 2.30. The zero-order valence-corrected chi connectivity index (χ0v) is 17.4. The van der Waals surface area contributed by atoms with Gasteiger partial charge in [0.15, 0.2) is 12.4 Å². The molecule has 0 saturated carbocycles. The second-order valence-corrected chi connectivity index (χ2v) is 7.03. The summed E-state index contributed by atoms with van der Waals surface area (Å²) in [4.78, 5) is 35.8. The first-order valence-corrected chi connectivity index (χ1v) is 9.74. The van der Waals surface area contributed by atoms with Crippen molar-refractivity contribution in [3.05, 3.63) is 89.5 Å². The van der Waals surface area contributed by atoms with Gasteiger partial charge in [0.1, 0.15) is 5.75 Å². The number of ether oxygens (including phenoxy) is 1. The van der Waals surface area contributed by atoms with E-state index in [4.69, 9.17) is 4.74 Å². The zero-order chi connectivity index (χ0) is 24.0. The van der Waals surface area contributed by atoms with Crippen molar-refractivity contribution in [1.29, 1.82) is 0 Å². The summed E-state index contributed by atoms with van der Waals surface area (Å²) in [7, 11) is 0. The van der Waals surface area contributed by atoms with Crippen molar-refractivity contribution in [3.8, 4) is 5.75 Å². The second kappa shape index (κ2) is 9.99. The number of hydrogen-bond donors (Lipinski definition) is 2. The van der Waals surface area contributed by atoms with Crippen molar-refractivity contribution in [3.63, 3.8) is 0 Å². The molecular weight excluding hydrogens is 437 g/mol. The number of carbonyl (C=O) groups is 3. The van der Waals surface area contributed by atoms with Crippen LogP contribution in [0.4, 0.5) is 24.5 Å². The highest BCUT2D eigenvalue weighted by atomic mass is 19.4. The predicted octanol–water partition coefficient (Wildman–Crippen LogP) is 5.18. The first-order chi connectivity index (χ1) is 15.6. The van der Waals surface area contributed by atoms with Crippen molar-refractivity contribution >= 4 is 29.0 Å². The number of nitrogens with one attached hydrogen (secondary N) is 2. The third-order valence-electron chi connectivity index (χ3n) is 4.49. The van der Waals surface area contributed by atoms with E-state index >= 15 is 0 Å². The maximum atomic E-state index is 12.8. The summed E-state index contributed by atoms with van der Waals surface area (Å²) in [6.07, 6.45) is -4.51. The Balaban J connectivity index is 1.54. The molecule has 33 heavy (non-hydrogen) atoms. The van der Waals surface area contributed by atoms with E-state index in [0.29, 0.717) is 22.6 Å². The Morgan fingerprint density at radius 2 is 1.45 bits per heavy atom. The van der Waals surface area contributed by atoms with Crippen LogP contribution in [-0.2, 0) is 11.0 Å². The van der Waals surface area contributed by atoms with Crippen LogP contribution in [0.15, 0.2) is 72.8 Å². The van der Waals surface area contributed by atoms with Gasteiger partial charge in [0.25, 0.3) is 11.8 Å². The molecule has 0 aliphatic carbocycles. The van der Waals surface area contributed by atoms with E-state index < -0.39 is 30.2 Å². The normalized spacial score (nSPS) is 10.9. The van der Waals surface area contributed by atoms with Crippen LogP contribution in [0.5, 0.6) is 5.75 Å². The number of benzene rings is 3. The molecule has 0 saturated heterocycles. The van der Waals surface area contributed by atoms with Crippen LogP contribution in [0.2, 0.25) is 0 Å². The Hall–Kier alpha value is -4.14. The molecule has 0 bridgehead atoms. The zero-order valence-electron chi connectivity index (χ0n) is 17.4. The monoisotopic (exact) mass is 456 g/mol. The molecule has 3 aromatic rings. The van der Waals surface area contributed by atoms with Crippen LogP contribution < -0.4 is 15.4 Å². The highest BCUT2D eigenvalue weighted by molar-refractivity contribution is 6.05. The molecular formula is C24H19F3N2O4. The number of Topliss-reactive ketones (excluding diaryl/α,β-unsaturated/α-hetero) is 1. The molecule has 3 rings (SSSR count). The summed E-state index contributed by atoms with van der Waals surface area (Å²) in [5, 5.41) is 5.03. The van der Waals surface area contributed by atoms with E-state index in [1.54, 1.807) is 24.3 Å². The van der Waals surface area contributed by atoms with Crippen molar-refractivity contribution in [1.82, 2.24) is 0 Å². The Morgan fingerprint density at radius 3 is 2.09 bits per heavy atom. The molecule has 0 aromatic heterocycles. The first kappa shape index (κ1) is 23.5. The summed E-state index contributed by atoms with van der Waals surface area (Å²) >= 11 is 0. The molecule has 0 radical (unpaired) electrons. The maximum absolute atomic E-state index is 12.8. The van der Waals surface area contributed by atoms with E-state index in [1.165, 1.54) is 43.3 Å². The Bertz CT molecular complexity index is 1170. The van der Waals surface area contributed by atoms with Crippen LogP contribution in [0.1, 0.15) is 33.2 Å². The molecule has 6 nitrogen and oxygen atoms in total. The highest BCUT2D eigenvalue weighted by Crippen LogP contribution is 2.30. The number of hydrogen-bond acceptors (Lipinski definition) is 4. The second-order valence-electron chi connectivity index (χ2n) is 7.03. The van der Waals surface area contributed by atoms with Gasteiger partial charge in [0, 0.05) is 22.5 Å². The van der Waals surface area contributed by atoms with E-state index in [9.17, 15) is 27.6 Å². The van der Waals surface area contributed by atoms with Crippen LogP contribution >= 0.6 is 0 Å². The van der Waals surface area contributed by atoms with Gasteiger partial charge < -0.3 is 15.4 Å². The molecule has 0 heterocycles. The lowest BCUT2D eigenvalue weighted by molar-refractivity contribution is -0.137. The Morgan fingerprint density at radius 1 is 0.818 bits per heavy atom. The topological polar surface area (TPSA) is 84.5 Å². The number of alkyl halides is 3. The van der Waals surface area contributed by atoms with Gasteiger partial charge in [-0.2, -0.15) is 13.2 Å². The van der Waals surface area contributed by atoms with Crippen LogP contribution in [0, 0.1) is 0 Å². The van der Waals surface area contributed by atoms with Crippen LogP contribution in [-0.4, -0.2) is 24.2 Å². The van der Waals surface area contributed by atoms with Crippen LogP contribution in [0.25, 0.3) is 0 Å². The molecule has 0 aliphatic heterocycles. The van der Waals surface area contributed by atoms with E-state index in [-0.39, 0.29) is 11.5 Å². The molecule has 0 atom stereocenters. The molecule has 0 unspecified atom stereocenters. The van der Waals surface area contributed by atoms with Gasteiger partial charge in [-0.1, -0.05) is 18.2 Å². The standard InChI is InChI=1S/C24H19F3N2O4/c1-15(30)17-4-2-6-19(12-17)29-23(32)16-8-10-21(11-9-16)33-14-22(31)28-20-7-3-5-18(13-20)24(25,26)27/h2-13H,14H2,1H3,(H,28,31)(H,29,32). The number of carbonyl (C=O) groups excluding carboxylic acids is 3. The summed E-state index contributed by atoms with van der Waals surface area (Å²) < 4.78 is 43.6. The average molecular weight is 456 g/mol. The average Bonchev–Trinajstić information content (AvgIpc) is 2.78. The summed E-state index contributed by atoms with van der Waals surface area (Å²) in [6, 6.07) is 16.8. The summed E-state index contributed by atoms with van der Waals surface area (Å²) in [6.45, 7) is 0.999. The quantitative estimate of drug-likeness (QED) is 0.480. The largest absolute Gasteiger partial charge is 0.484 e. The van der Waals surface area contributed by atoms with Gasteiger partial charge in [-0.3, -0.25) is 14.4 Å². The van der Waals surface area contributed by atoms with Crippen molar-refractivity contribution < 1.29 is 32.3 Å². The molecule has 0 aliphatic rings. The smallest absolute Gasteiger partial charge is 0.416 e. The van der Waals surface area contributed by atoms with Gasteiger partial charge in [0.05, 0.1) is 5.56 Å². The van der Waals surface area contributed by atoms with Gasteiger partial charge in [-0.05, 0) is 61.5 Å². The number of halogens is 3. The fourth-order valence-corrected chi connectivity index (χ4v) is 2.84. The van der Waals surface area contributed by atoms with E-state index in [1.807, 2.05) is 0 Å². The maximum Gasteiger partial charge on any atom is 0.416 e. The predicted molar refractivity (Wildman–Crippen MR) is 116 cm³/mol. The number of ketones is 1. The van der Waals surface area contributed by atoms with Crippen molar-refractivity contribution in [2.75, 3.05) is 17.2 Å². The fraction of sp³-hybridized carbons (Fsp3) is 0.125. The van der Waals surface area contributed by atoms with Crippen molar-refractivity contribution in [2.45, 2.75) is 13.1 Å². The lowest BCUT2D eigenvalue weighted by Gasteiger charge is -2.11. The molecule has 2 amide bonds. The molecule has 0 fully saturated rings. The molecule has 2 N–H and O–H groups in total. The third-order valence-corrected chi connectivity index (χ3v) is 4.49. The fourth-order valence-electron chi connectivity index (χ4n) is 2.84. The SMILES string of the molecule is CC(=O)c1cccc(NC(=O)c2ccc(OCC(=O)Nc3cccc(C(F)(F)F)c3)cc2)c1. The molecule has 170 valence electrons. The first-order valence-electron chi connectivity index (χ1n) is 9.74. The van der Waals surface area contributed by atoms with Gasteiger partial charge in [-0.15, -0.1) is 0 Å². The van der Waals surface area contributed by atoms with Crippen LogP contribution in [0.3, 0.4) is 0 Å². The number of anilines is 2. The Labute approximate surface area is 187 Å². The third kappa shape index (κ3) is 6.67. The van der Waals surface area contributed by atoms with E-state index in [2.05, 4.69) is 10.6 Å². The minimum atomic E-state index is -4.51. The van der Waals surface area contributed by atoms with Gasteiger partial charge >= 0.3 is 6.18 Å². The van der Waals surface area contributed by atoms with Crippen molar-refractivity contribution in [2.24, 2.45) is 0 Å². The molecule has 3 aromatic carbocycles. The minimum Gasteiger partial charge on any atom is -0.484 e. The molecule has 9 heteroatoms. The van der Waals surface area contributed by atoms with E-state index in [0.717, 1.165) is 12.1 Å². The Kier molecular flexibility index (Phi) is 7.12.